The van der Waals surface area contributed by atoms with Gasteiger partial charge >= 0.3 is 6.03 Å². The number of urea groups is 1. The van der Waals surface area contributed by atoms with Gasteiger partial charge in [-0.05, 0) is 25.7 Å². The van der Waals surface area contributed by atoms with E-state index in [0.29, 0.717) is 37.5 Å². The lowest BCUT2D eigenvalue weighted by Crippen LogP contribution is -2.67. The number of ether oxygens (including phenoxy) is 5. The van der Waals surface area contributed by atoms with E-state index in [1.54, 1.807) is 19.0 Å². The molecular weight excluding hydrogens is 907 g/mol. The molecular formula is C41H69N9O16S. The van der Waals surface area contributed by atoms with E-state index in [0.717, 1.165) is 38.2 Å². The van der Waals surface area contributed by atoms with Crippen molar-refractivity contribution in [2.24, 2.45) is 16.0 Å². The number of hydrogen-bond donors (Lipinski definition) is 12. The number of carbonyl (C=O) groups is 5. The summed E-state index contributed by atoms with van der Waals surface area (Å²) in [5.41, 5.74) is 2.37. The first-order valence-electron chi connectivity index (χ1n) is 22.7. The van der Waals surface area contributed by atoms with Crippen LogP contribution in [0, 0.1) is 5.92 Å². The number of fused-ring (bicyclic) bond motifs is 2. The molecule has 26 heteroatoms. The van der Waals surface area contributed by atoms with Crippen LogP contribution >= 0.6 is 11.8 Å². The molecule has 4 aliphatic heterocycles. The summed E-state index contributed by atoms with van der Waals surface area (Å²) in [5.74, 6) is -1.71. The number of hydrazone groups is 1. The van der Waals surface area contributed by atoms with Crippen LogP contribution < -0.4 is 32.0 Å². The summed E-state index contributed by atoms with van der Waals surface area (Å²) < 4.78 is 30.1. The Hall–Kier alpha value is -3.96. The quantitative estimate of drug-likeness (QED) is 0.0128. The number of amidine groups is 1. The lowest BCUT2D eigenvalue weighted by Gasteiger charge is -2.46. The van der Waals surface area contributed by atoms with Crippen LogP contribution in [0.5, 0.6) is 0 Å². The number of carbonyl (C=O) groups excluding carboxylic acids is 5. The van der Waals surface area contributed by atoms with E-state index in [4.69, 9.17) is 23.7 Å². The molecule has 13 unspecified atom stereocenters. The Morgan fingerprint density at radius 2 is 1.69 bits per heavy atom. The molecule has 5 rings (SSSR count). The normalized spacial score (nSPS) is 31.8. The molecule has 0 aromatic rings. The number of aliphatic hydroxyl groups is 6. The zero-order chi connectivity index (χ0) is 48.8. The van der Waals surface area contributed by atoms with E-state index in [1.807, 2.05) is 11.8 Å². The molecule has 12 N–H and O–H groups in total. The van der Waals surface area contributed by atoms with E-state index < -0.39 is 124 Å². The van der Waals surface area contributed by atoms with E-state index >= 15 is 0 Å². The van der Waals surface area contributed by atoms with Gasteiger partial charge in [0.25, 0.3) is 6.02 Å². The first kappa shape index (κ1) is 54.0. The average Bonchev–Trinajstić information content (AvgIpc) is 4.05. The summed E-state index contributed by atoms with van der Waals surface area (Å²) in [7, 11) is 3.40. The Labute approximate surface area is 392 Å². The molecule has 1 saturated carbocycles. The van der Waals surface area contributed by atoms with Gasteiger partial charge in [-0.2, -0.15) is 16.9 Å². The molecule has 67 heavy (non-hydrogen) atoms. The number of amides is 6. The van der Waals surface area contributed by atoms with Gasteiger partial charge in [0.05, 0.1) is 56.7 Å². The van der Waals surface area contributed by atoms with Crippen LogP contribution in [0.25, 0.3) is 0 Å². The van der Waals surface area contributed by atoms with Gasteiger partial charge in [-0.15, -0.1) is 0 Å². The maximum absolute atomic E-state index is 12.7. The first-order valence-corrected chi connectivity index (χ1v) is 23.8. The topological polar surface area (TPSA) is 353 Å². The summed E-state index contributed by atoms with van der Waals surface area (Å²) in [4.78, 5) is 67.6. The monoisotopic (exact) mass is 975 g/mol. The molecule has 3 saturated heterocycles. The van der Waals surface area contributed by atoms with E-state index in [2.05, 4.69) is 42.1 Å². The molecule has 1 aliphatic carbocycles. The number of hydrogen-bond acceptors (Lipinski definition) is 20. The third-order valence-corrected chi connectivity index (χ3v) is 13.6. The highest BCUT2D eigenvalue weighted by Crippen LogP contribution is 2.40. The van der Waals surface area contributed by atoms with E-state index in [1.165, 1.54) is 6.92 Å². The fourth-order valence-corrected chi connectivity index (χ4v) is 10.2. The molecule has 0 aromatic carbocycles. The Kier molecular flexibility index (Phi) is 21.1. The fraction of sp³-hybridized carbons (Fsp3) is 0.829. The summed E-state index contributed by atoms with van der Waals surface area (Å²) >= 11 is 1.84. The summed E-state index contributed by atoms with van der Waals surface area (Å²) in [5, 5.41) is 82.0. The van der Waals surface area contributed by atoms with Crippen molar-refractivity contribution in [3.8, 4) is 0 Å². The number of aliphatic hydroxyl groups excluding tert-OH is 6. The minimum atomic E-state index is -1.76. The number of rotatable bonds is 26. The Morgan fingerprint density at radius 1 is 0.955 bits per heavy atom. The molecule has 0 spiro atoms. The molecule has 4 heterocycles. The molecule has 4 fully saturated rings. The third-order valence-electron chi connectivity index (χ3n) is 12.1. The maximum Gasteiger partial charge on any atom is 0.315 e. The van der Waals surface area contributed by atoms with Crippen LogP contribution in [0.3, 0.4) is 0 Å². The van der Waals surface area contributed by atoms with Crippen molar-refractivity contribution >= 4 is 53.7 Å². The largest absolute Gasteiger partial charge is 0.459 e. The van der Waals surface area contributed by atoms with E-state index in [-0.39, 0.29) is 36.5 Å². The van der Waals surface area contributed by atoms with Crippen LogP contribution in [-0.4, -0.2) is 221 Å². The number of aliphatic imine (C=N–C) groups is 1. The predicted molar refractivity (Wildman–Crippen MR) is 238 cm³/mol. The van der Waals surface area contributed by atoms with Gasteiger partial charge in [0.15, 0.2) is 12.6 Å². The molecule has 0 aromatic heterocycles. The van der Waals surface area contributed by atoms with Crippen molar-refractivity contribution in [1.29, 1.82) is 0 Å². The smallest absolute Gasteiger partial charge is 0.315 e. The number of nitrogens with one attached hydrogen (secondary N) is 6. The number of unbranched alkanes of at least 4 members (excludes halogenated alkanes) is 3. The highest BCUT2D eigenvalue weighted by atomic mass is 32.2. The van der Waals surface area contributed by atoms with Crippen LogP contribution in [0.15, 0.2) is 10.1 Å². The first-order chi connectivity index (χ1) is 32.1. The van der Waals surface area contributed by atoms with Gasteiger partial charge in [-0.25, -0.2) is 15.2 Å². The Balaban J connectivity index is 1.13. The van der Waals surface area contributed by atoms with Crippen LogP contribution in [0.4, 0.5) is 4.79 Å². The Bertz CT molecular complexity index is 1720. The Morgan fingerprint density at radius 3 is 2.36 bits per heavy atom. The average molecular weight is 976 g/mol. The van der Waals surface area contributed by atoms with Crippen molar-refractivity contribution in [1.82, 2.24) is 36.9 Å². The van der Waals surface area contributed by atoms with Crippen molar-refractivity contribution < 1.29 is 78.3 Å². The van der Waals surface area contributed by atoms with Crippen molar-refractivity contribution in [3.63, 3.8) is 0 Å². The van der Waals surface area contributed by atoms with Crippen molar-refractivity contribution in [2.45, 2.75) is 156 Å². The van der Waals surface area contributed by atoms with Crippen LogP contribution in [-0.2, 0) is 42.9 Å². The highest BCUT2D eigenvalue weighted by molar-refractivity contribution is 8.00. The van der Waals surface area contributed by atoms with Gasteiger partial charge in [0, 0.05) is 58.3 Å². The minimum absolute atomic E-state index is 0.0445. The second kappa shape index (κ2) is 26.1. The molecule has 15 atom stereocenters. The standard InChI is InChI=1S/C41H69N9O16S/c1-20(55)44-24(14-43-49-29(58)12-6-5-9-13-42-28(57)11-8-7-10-27-30-25(19-67-27)46-40(61)47-30)38(62-22(15-51)16-52)65-37-26(18-54)63-39(32(34(37)60)45-21(2)56)64-36-23(17-53)35-31(33(36)59)48-41(66-35)50(3)4/h14,22-27,30-39,51-54,59-60H,5-13,15-19H2,1-4H3,(H,42,57)(H,44,55)(H,45,56)(H,49,58)(H2,46,47,61)/b43-14+/t23?,24?,25-,26?,27?,30-,31?,32?,33?,34?,35?,36?,37?,38?,39?/m1/s1. The fourth-order valence-electron chi connectivity index (χ4n) is 8.70. The minimum Gasteiger partial charge on any atom is -0.459 e. The van der Waals surface area contributed by atoms with Crippen molar-refractivity contribution in [2.75, 3.05) is 52.8 Å². The molecule has 6 amide bonds. The lowest BCUT2D eigenvalue weighted by atomic mass is 9.96. The summed E-state index contributed by atoms with van der Waals surface area (Å²) in [6, 6.07) is -3.17. The van der Waals surface area contributed by atoms with Crippen molar-refractivity contribution in [3.05, 3.63) is 0 Å². The molecule has 25 nitrogen and oxygen atoms in total. The zero-order valence-electron chi connectivity index (χ0n) is 38.2. The number of thioether (sulfide) groups is 1. The van der Waals surface area contributed by atoms with Crippen LogP contribution in [0.1, 0.15) is 65.2 Å². The summed E-state index contributed by atoms with van der Waals surface area (Å²) in [6.07, 6.45) is -6.70. The van der Waals surface area contributed by atoms with Gasteiger partial charge < -0.3 is 85.8 Å². The molecule has 0 radical (unpaired) electrons. The van der Waals surface area contributed by atoms with Gasteiger partial charge in [0.1, 0.15) is 54.7 Å². The van der Waals surface area contributed by atoms with E-state index in [9.17, 15) is 54.6 Å². The predicted octanol–water partition coefficient (Wildman–Crippen LogP) is -4.29. The second-order valence-electron chi connectivity index (χ2n) is 17.4. The van der Waals surface area contributed by atoms with Gasteiger partial charge in [0.2, 0.25) is 23.6 Å². The molecule has 380 valence electrons. The lowest BCUT2D eigenvalue weighted by molar-refractivity contribution is -0.322. The van der Waals surface area contributed by atoms with Gasteiger partial charge in [-0.1, -0.05) is 12.8 Å². The number of nitrogens with zero attached hydrogens (tertiary/aromatic N) is 3. The van der Waals surface area contributed by atoms with Gasteiger partial charge in [-0.3, -0.25) is 19.2 Å². The van der Waals surface area contributed by atoms with Crippen LogP contribution in [0.2, 0.25) is 0 Å². The third kappa shape index (κ3) is 14.8. The molecule has 0 bridgehead atoms. The second-order valence-corrected chi connectivity index (χ2v) is 18.7. The highest BCUT2D eigenvalue weighted by Gasteiger charge is 2.58. The summed E-state index contributed by atoms with van der Waals surface area (Å²) in [6.45, 7) is 0.0398. The SMILES string of the molecule is CC(=O)NC(/C=N/NC(=O)CCCCCNC(=O)CCCCC1SC[C@H]2NC(=O)N[C@@H]12)C(OC(CO)CO)OC1C(CO)OC(OC2C(O)C3N=C(N(C)C)OC3C2CO)C(NC(C)=O)C1O. The zero-order valence-corrected chi connectivity index (χ0v) is 39.0. The molecule has 5 aliphatic rings. The maximum atomic E-state index is 12.7.